The first-order valence-corrected chi connectivity index (χ1v) is 8.80. The van der Waals surface area contributed by atoms with E-state index in [1.165, 1.54) is 23.2 Å². The molecule has 0 unspecified atom stereocenters. The highest BCUT2D eigenvalue weighted by molar-refractivity contribution is 5.89. The number of rotatable bonds is 6. The summed E-state index contributed by atoms with van der Waals surface area (Å²) in [4.78, 5) is 21.7. The van der Waals surface area contributed by atoms with Crippen molar-refractivity contribution in [1.29, 1.82) is 0 Å². The van der Waals surface area contributed by atoms with E-state index in [4.69, 9.17) is 9.15 Å². The Morgan fingerprint density at radius 2 is 2.10 bits per heavy atom. The van der Waals surface area contributed by atoms with Crippen LogP contribution in [0.2, 0.25) is 0 Å². The van der Waals surface area contributed by atoms with Gasteiger partial charge in [0, 0.05) is 11.8 Å². The lowest BCUT2D eigenvalue weighted by molar-refractivity contribution is 0.142. The molecule has 0 aliphatic carbocycles. The first-order valence-electron chi connectivity index (χ1n) is 8.80. The van der Waals surface area contributed by atoms with Gasteiger partial charge in [-0.2, -0.15) is 4.98 Å². The van der Waals surface area contributed by atoms with Gasteiger partial charge in [-0.25, -0.2) is 14.2 Å². The summed E-state index contributed by atoms with van der Waals surface area (Å²) in [6.07, 6.45) is 0.116. The van der Waals surface area contributed by atoms with E-state index in [-0.39, 0.29) is 36.7 Å². The molecule has 0 bridgehead atoms. The van der Waals surface area contributed by atoms with Crippen LogP contribution in [0.5, 0.6) is 0 Å². The van der Waals surface area contributed by atoms with Crippen LogP contribution < -0.4 is 10.2 Å². The zero-order chi connectivity index (χ0) is 20.4. The van der Waals surface area contributed by atoms with Crippen molar-refractivity contribution in [3.05, 3.63) is 48.2 Å². The van der Waals surface area contributed by atoms with Gasteiger partial charge in [0.1, 0.15) is 24.3 Å². The number of nitrogens with zero attached hydrogens (tertiary/aromatic N) is 5. The zero-order valence-corrected chi connectivity index (χ0v) is 15.3. The molecule has 29 heavy (non-hydrogen) atoms. The Hall–Kier alpha value is -3.60. The topological polar surface area (TPSA) is 126 Å². The van der Waals surface area contributed by atoms with Crippen molar-refractivity contribution in [2.24, 2.45) is 0 Å². The minimum atomic E-state index is -0.781. The Morgan fingerprint density at radius 3 is 2.86 bits per heavy atom. The molecule has 1 saturated heterocycles. The summed E-state index contributed by atoms with van der Waals surface area (Å²) < 4.78 is 23.6. The van der Waals surface area contributed by atoms with Crippen molar-refractivity contribution < 1.29 is 23.4 Å². The van der Waals surface area contributed by atoms with Gasteiger partial charge in [-0.1, -0.05) is 0 Å². The highest BCUT2D eigenvalue weighted by atomic mass is 19.1. The van der Waals surface area contributed by atoms with E-state index in [0.717, 1.165) is 0 Å². The van der Waals surface area contributed by atoms with Crippen LogP contribution in [-0.4, -0.2) is 50.1 Å². The number of aliphatic hydroxyl groups excluding tert-OH is 1. The van der Waals surface area contributed by atoms with Gasteiger partial charge >= 0.3 is 6.09 Å². The fourth-order valence-electron chi connectivity index (χ4n) is 2.81. The maximum atomic E-state index is 13.0. The molecule has 0 saturated carbocycles. The summed E-state index contributed by atoms with van der Waals surface area (Å²) in [7, 11) is 0. The molecule has 1 fully saturated rings. The van der Waals surface area contributed by atoms with E-state index >= 15 is 0 Å². The van der Waals surface area contributed by atoms with Crippen LogP contribution in [0.4, 0.5) is 21.0 Å². The number of hydrogen-bond acceptors (Lipinski definition) is 9. The molecule has 1 amide bonds. The van der Waals surface area contributed by atoms with Gasteiger partial charge < -0.3 is 19.6 Å². The Labute approximate surface area is 164 Å². The Balaban J connectivity index is 1.45. The van der Waals surface area contributed by atoms with E-state index in [0.29, 0.717) is 11.4 Å². The van der Waals surface area contributed by atoms with E-state index in [2.05, 4.69) is 25.5 Å². The summed E-state index contributed by atoms with van der Waals surface area (Å²) in [6, 6.07) is 6.72. The Morgan fingerprint density at radius 1 is 1.31 bits per heavy atom. The summed E-state index contributed by atoms with van der Waals surface area (Å²) in [5.41, 5.74) is 0.597. The fourth-order valence-corrected chi connectivity index (χ4v) is 2.81. The molecule has 2 atom stereocenters. The number of aromatic nitrogens is 4. The molecule has 4 rings (SSSR count). The first kappa shape index (κ1) is 18.7. The lowest BCUT2D eigenvalue weighted by Gasteiger charge is -2.22. The van der Waals surface area contributed by atoms with Gasteiger partial charge in [0.15, 0.2) is 0 Å². The molecule has 1 aliphatic rings. The number of halogens is 1. The highest BCUT2D eigenvalue weighted by Crippen LogP contribution is 2.24. The molecule has 150 valence electrons. The Kier molecular flexibility index (Phi) is 5.04. The number of hydrogen-bond donors (Lipinski definition) is 2. The second kappa shape index (κ2) is 7.80. The number of carbonyl (C=O) groups is 1. The van der Waals surface area contributed by atoms with Crippen molar-refractivity contribution in [3.63, 3.8) is 0 Å². The number of nitrogens with one attached hydrogen (secondary N) is 1. The van der Waals surface area contributed by atoms with E-state index < -0.39 is 18.2 Å². The predicted molar refractivity (Wildman–Crippen MR) is 98.3 cm³/mol. The SMILES string of the molecule is C[C@@H](O)[C@H]1COC(=O)N1c1ccnc(NCc2nnc(-c3ccc(F)cc3)o2)n1. The van der Waals surface area contributed by atoms with Crippen LogP contribution in [0.15, 0.2) is 40.9 Å². The molecule has 2 aromatic heterocycles. The number of cyclic esters (lactones) is 1. The molecule has 10 nitrogen and oxygen atoms in total. The number of amides is 1. The molecule has 1 aromatic carbocycles. The first-order chi connectivity index (χ1) is 14.0. The summed E-state index contributed by atoms with van der Waals surface area (Å²) in [5, 5.41) is 20.7. The van der Waals surface area contributed by atoms with Gasteiger partial charge in [-0.05, 0) is 37.3 Å². The van der Waals surface area contributed by atoms with Crippen LogP contribution >= 0.6 is 0 Å². The molecule has 3 aromatic rings. The van der Waals surface area contributed by atoms with Gasteiger partial charge in [0.2, 0.25) is 17.7 Å². The molecule has 0 spiro atoms. The fraction of sp³-hybridized carbons (Fsp3) is 0.278. The maximum absolute atomic E-state index is 13.0. The third-order valence-corrected chi connectivity index (χ3v) is 4.31. The summed E-state index contributed by atoms with van der Waals surface area (Å²) >= 11 is 0. The summed E-state index contributed by atoms with van der Waals surface area (Å²) in [5.74, 6) is 0.713. The van der Waals surface area contributed by atoms with Crippen molar-refractivity contribution >= 4 is 17.9 Å². The Bertz CT molecular complexity index is 1010. The number of carbonyl (C=O) groups excluding carboxylic acids is 1. The van der Waals surface area contributed by atoms with E-state index in [1.807, 2.05) is 0 Å². The second-order valence-corrected chi connectivity index (χ2v) is 6.35. The third kappa shape index (κ3) is 3.99. The lowest BCUT2D eigenvalue weighted by atomic mass is 10.2. The van der Waals surface area contributed by atoms with Gasteiger partial charge in [0.05, 0.1) is 12.6 Å². The smallest absolute Gasteiger partial charge is 0.416 e. The minimum absolute atomic E-state index is 0.0808. The average molecular weight is 400 g/mol. The second-order valence-electron chi connectivity index (χ2n) is 6.35. The maximum Gasteiger partial charge on any atom is 0.416 e. The van der Waals surface area contributed by atoms with E-state index in [1.54, 1.807) is 25.1 Å². The molecule has 3 heterocycles. The molecular weight excluding hydrogens is 383 g/mol. The molecule has 1 aliphatic heterocycles. The predicted octanol–water partition coefficient (Wildman–Crippen LogP) is 1.98. The normalized spacial score (nSPS) is 17.3. The van der Waals surface area contributed by atoms with Gasteiger partial charge in [-0.3, -0.25) is 4.90 Å². The standard InChI is InChI=1S/C18H17FN6O4/c1-10(26)13-9-28-18(27)25(13)14-6-7-20-17(22-14)21-8-15-23-24-16(29-15)11-2-4-12(19)5-3-11/h2-7,10,13,26H,8-9H2,1H3,(H,20,21,22)/t10-,13-/m1/s1. The average Bonchev–Trinajstić information content (AvgIpc) is 3.34. The number of ether oxygens (including phenoxy) is 1. The molecular formula is C18H17FN6O4. The third-order valence-electron chi connectivity index (χ3n) is 4.31. The zero-order valence-electron chi connectivity index (χ0n) is 15.3. The molecule has 11 heteroatoms. The van der Waals surface area contributed by atoms with Crippen LogP contribution in [-0.2, 0) is 11.3 Å². The van der Waals surface area contributed by atoms with Crippen molar-refractivity contribution in [2.45, 2.75) is 25.6 Å². The highest BCUT2D eigenvalue weighted by Gasteiger charge is 2.38. The van der Waals surface area contributed by atoms with Crippen LogP contribution in [0, 0.1) is 5.82 Å². The molecule has 0 radical (unpaired) electrons. The quantitative estimate of drug-likeness (QED) is 0.638. The van der Waals surface area contributed by atoms with Crippen molar-refractivity contribution in [1.82, 2.24) is 20.2 Å². The van der Waals surface area contributed by atoms with Crippen LogP contribution in [0.3, 0.4) is 0 Å². The summed E-state index contributed by atoms with van der Waals surface area (Å²) in [6.45, 7) is 1.80. The largest absolute Gasteiger partial charge is 0.447 e. The number of aliphatic hydroxyl groups is 1. The van der Waals surface area contributed by atoms with Crippen molar-refractivity contribution in [3.8, 4) is 11.5 Å². The minimum Gasteiger partial charge on any atom is -0.447 e. The van der Waals surface area contributed by atoms with Crippen LogP contribution in [0.25, 0.3) is 11.5 Å². The number of anilines is 2. The van der Waals surface area contributed by atoms with Crippen molar-refractivity contribution in [2.75, 3.05) is 16.8 Å². The van der Waals surface area contributed by atoms with Crippen LogP contribution in [0.1, 0.15) is 12.8 Å². The van der Waals surface area contributed by atoms with E-state index in [9.17, 15) is 14.3 Å². The lowest BCUT2D eigenvalue weighted by Crippen LogP contribution is -2.41. The molecule has 2 N–H and O–H groups in total. The van der Waals surface area contributed by atoms with Gasteiger partial charge in [0.25, 0.3) is 0 Å². The number of benzene rings is 1. The van der Waals surface area contributed by atoms with Gasteiger partial charge in [-0.15, -0.1) is 10.2 Å². The monoisotopic (exact) mass is 400 g/mol.